The molecule has 0 bridgehead atoms. The van der Waals surface area contributed by atoms with Gasteiger partial charge in [-0.3, -0.25) is 19.2 Å². The molecular formula is C17H31N5O9. The van der Waals surface area contributed by atoms with Crippen molar-refractivity contribution in [3.8, 4) is 0 Å². The van der Waals surface area contributed by atoms with Crippen molar-refractivity contribution in [3.63, 3.8) is 0 Å². The van der Waals surface area contributed by atoms with Crippen LogP contribution in [0.3, 0.4) is 0 Å². The maximum Gasteiger partial charge on any atom is 0.328 e. The third kappa shape index (κ3) is 10.7. The van der Waals surface area contributed by atoms with E-state index in [1.54, 1.807) is 0 Å². The molecule has 0 radical (unpaired) electrons. The lowest BCUT2D eigenvalue weighted by Crippen LogP contribution is -2.60. The summed E-state index contributed by atoms with van der Waals surface area (Å²) in [5.41, 5.74) is 11.1. The maximum atomic E-state index is 12.5. The van der Waals surface area contributed by atoms with E-state index in [9.17, 15) is 29.1 Å². The maximum absolute atomic E-state index is 12.5. The minimum absolute atomic E-state index is 0.251. The van der Waals surface area contributed by atoms with Gasteiger partial charge in [-0.15, -0.1) is 0 Å². The number of carbonyl (C=O) groups is 5. The minimum atomic E-state index is -1.69. The van der Waals surface area contributed by atoms with Crippen LogP contribution in [0.4, 0.5) is 0 Å². The van der Waals surface area contributed by atoms with E-state index in [1.807, 2.05) is 5.32 Å². The summed E-state index contributed by atoms with van der Waals surface area (Å²) in [4.78, 5) is 58.9. The smallest absolute Gasteiger partial charge is 0.328 e. The Bertz CT molecular complexity index is 643. The van der Waals surface area contributed by atoms with E-state index in [0.29, 0.717) is 19.4 Å². The van der Waals surface area contributed by atoms with Crippen LogP contribution in [0.1, 0.15) is 32.6 Å². The first-order valence-corrected chi connectivity index (χ1v) is 9.54. The van der Waals surface area contributed by atoms with Crippen molar-refractivity contribution >= 4 is 29.7 Å². The molecule has 5 atom stereocenters. The highest BCUT2D eigenvalue weighted by molar-refractivity contribution is 5.95. The topological polar surface area (TPSA) is 254 Å². The number of aliphatic carboxylic acids is 2. The van der Waals surface area contributed by atoms with Gasteiger partial charge in [-0.05, 0) is 26.3 Å². The Balaban J connectivity index is 5.27. The average molecular weight is 449 g/mol. The van der Waals surface area contributed by atoms with Crippen molar-refractivity contribution in [1.29, 1.82) is 0 Å². The number of nitrogens with two attached hydrogens (primary N) is 2. The summed E-state index contributed by atoms with van der Waals surface area (Å²) in [6, 6.07) is -6.01. The molecule has 0 saturated heterocycles. The lowest BCUT2D eigenvalue weighted by atomic mass is 10.1. The Hall–Kier alpha value is -2.81. The van der Waals surface area contributed by atoms with Crippen molar-refractivity contribution in [3.05, 3.63) is 0 Å². The molecule has 0 aromatic rings. The normalized spacial score (nSPS) is 15.6. The third-order valence-electron chi connectivity index (χ3n) is 4.18. The number of hydrogen-bond acceptors (Lipinski definition) is 9. The first kappa shape index (κ1) is 28.2. The molecule has 178 valence electrons. The molecule has 0 aromatic heterocycles. The fourth-order valence-electron chi connectivity index (χ4n) is 2.41. The van der Waals surface area contributed by atoms with Crippen molar-refractivity contribution in [2.75, 3.05) is 13.2 Å². The molecular weight excluding hydrogens is 418 g/mol. The average Bonchev–Trinajstić information content (AvgIpc) is 2.68. The predicted molar refractivity (Wildman–Crippen MR) is 105 cm³/mol. The van der Waals surface area contributed by atoms with Crippen LogP contribution < -0.4 is 27.4 Å². The zero-order chi connectivity index (χ0) is 24.1. The summed E-state index contributed by atoms with van der Waals surface area (Å²) >= 11 is 0. The number of aliphatic hydroxyl groups is 2. The number of aliphatic hydroxyl groups excluding tert-OH is 2. The Morgan fingerprint density at radius 3 is 1.94 bits per heavy atom. The monoisotopic (exact) mass is 449 g/mol. The quantitative estimate of drug-likeness (QED) is 0.108. The van der Waals surface area contributed by atoms with Gasteiger partial charge in [-0.25, -0.2) is 4.79 Å². The van der Waals surface area contributed by atoms with Crippen molar-refractivity contribution in [2.45, 2.75) is 62.9 Å². The van der Waals surface area contributed by atoms with E-state index in [1.165, 1.54) is 0 Å². The van der Waals surface area contributed by atoms with Crippen LogP contribution in [0.2, 0.25) is 0 Å². The summed E-state index contributed by atoms with van der Waals surface area (Å²) in [7, 11) is 0. The Kier molecular flexibility index (Phi) is 12.9. The van der Waals surface area contributed by atoms with E-state index in [4.69, 9.17) is 26.8 Å². The summed E-state index contributed by atoms with van der Waals surface area (Å²) in [5.74, 6) is -6.01. The zero-order valence-electron chi connectivity index (χ0n) is 17.1. The number of carbonyl (C=O) groups excluding carboxylic acids is 3. The summed E-state index contributed by atoms with van der Waals surface area (Å²) in [6.45, 7) is 0.582. The van der Waals surface area contributed by atoms with Gasteiger partial charge in [-0.2, -0.15) is 0 Å². The number of amides is 3. The van der Waals surface area contributed by atoms with Gasteiger partial charge < -0.3 is 47.8 Å². The standard InChI is InChI=1S/C17H31N5O9/c1-8(24)13(16(29)21-11(7-23)17(30)31)22-15(28)10(6-12(25)26)20-14(27)9(19)4-2-3-5-18/h8-11,13,23-24H,2-7,18-19H2,1H3,(H,20,27)(H,21,29)(H,22,28)(H,25,26)(H,30,31). The molecule has 0 aromatic carbocycles. The van der Waals surface area contributed by atoms with E-state index in [2.05, 4.69) is 10.6 Å². The second-order valence-corrected chi connectivity index (χ2v) is 6.86. The van der Waals surface area contributed by atoms with Crippen LogP contribution in [0, 0.1) is 0 Å². The first-order valence-electron chi connectivity index (χ1n) is 9.54. The van der Waals surface area contributed by atoms with Crippen molar-refractivity contribution < 1.29 is 44.4 Å². The largest absolute Gasteiger partial charge is 0.481 e. The van der Waals surface area contributed by atoms with Gasteiger partial charge >= 0.3 is 11.9 Å². The molecule has 0 aliphatic carbocycles. The van der Waals surface area contributed by atoms with Gasteiger partial charge in [-0.1, -0.05) is 6.42 Å². The summed E-state index contributed by atoms with van der Waals surface area (Å²) in [6.07, 6.45) is -0.940. The van der Waals surface area contributed by atoms with Crippen LogP contribution in [-0.4, -0.2) is 93.5 Å². The van der Waals surface area contributed by atoms with Gasteiger partial charge in [0, 0.05) is 0 Å². The van der Waals surface area contributed by atoms with Gasteiger partial charge in [0.15, 0.2) is 0 Å². The predicted octanol–water partition coefficient (Wildman–Crippen LogP) is -4.17. The van der Waals surface area contributed by atoms with Crippen LogP contribution in [0.25, 0.3) is 0 Å². The third-order valence-corrected chi connectivity index (χ3v) is 4.18. The van der Waals surface area contributed by atoms with Gasteiger partial charge in [0.1, 0.15) is 18.1 Å². The second-order valence-electron chi connectivity index (χ2n) is 6.86. The highest BCUT2D eigenvalue weighted by Crippen LogP contribution is 2.03. The molecule has 11 N–H and O–H groups in total. The molecule has 0 aliphatic rings. The van der Waals surface area contributed by atoms with Crippen LogP contribution in [0.15, 0.2) is 0 Å². The van der Waals surface area contributed by atoms with Gasteiger partial charge in [0.25, 0.3) is 0 Å². The summed E-state index contributed by atoms with van der Waals surface area (Å²) in [5, 5.41) is 42.9. The number of carboxylic acids is 2. The lowest BCUT2D eigenvalue weighted by molar-refractivity contribution is -0.144. The van der Waals surface area contributed by atoms with Crippen molar-refractivity contribution in [1.82, 2.24) is 16.0 Å². The minimum Gasteiger partial charge on any atom is -0.481 e. The lowest BCUT2D eigenvalue weighted by Gasteiger charge is -2.25. The number of rotatable bonds is 15. The number of carboxylic acid groups (broad SMARTS) is 2. The fourth-order valence-corrected chi connectivity index (χ4v) is 2.41. The Morgan fingerprint density at radius 2 is 1.48 bits per heavy atom. The molecule has 0 aliphatic heterocycles. The zero-order valence-corrected chi connectivity index (χ0v) is 17.1. The molecule has 0 rings (SSSR count). The van der Waals surface area contributed by atoms with Gasteiger partial charge in [0.05, 0.1) is 25.2 Å². The number of unbranched alkanes of at least 4 members (excludes halogenated alkanes) is 1. The molecule has 14 nitrogen and oxygen atoms in total. The highest BCUT2D eigenvalue weighted by atomic mass is 16.4. The Labute approximate surface area is 178 Å². The Morgan fingerprint density at radius 1 is 0.903 bits per heavy atom. The van der Waals surface area contributed by atoms with E-state index >= 15 is 0 Å². The molecule has 0 spiro atoms. The van der Waals surface area contributed by atoms with E-state index < -0.39 is 73.0 Å². The van der Waals surface area contributed by atoms with E-state index in [0.717, 1.165) is 6.92 Å². The second kappa shape index (κ2) is 14.2. The highest BCUT2D eigenvalue weighted by Gasteiger charge is 2.33. The molecule has 3 amide bonds. The summed E-state index contributed by atoms with van der Waals surface area (Å²) < 4.78 is 0. The van der Waals surface area contributed by atoms with Crippen LogP contribution in [0.5, 0.6) is 0 Å². The fraction of sp³-hybridized carbons (Fsp3) is 0.706. The number of nitrogens with one attached hydrogen (secondary N) is 3. The van der Waals surface area contributed by atoms with Crippen LogP contribution >= 0.6 is 0 Å². The SMILES string of the molecule is CC(O)C(NC(=O)C(CC(=O)O)NC(=O)C(N)CCCCN)C(=O)NC(CO)C(=O)O. The molecule has 0 fully saturated rings. The molecule has 0 heterocycles. The van der Waals surface area contributed by atoms with Gasteiger partial charge in [0.2, 0.25) is 17.7 Å². The van der Waals surface area contributed by atoms with Crippen molar-refractivity contribution in [2.24, 2.45) is 11.5 Å². The van der Waals surface area contributed by atoms with E-state index in [-0.39, 0.29) is 6.42 Å². The molecule has 31 heavy (non-hydrogen) atoms. The first-order chi connectivity index (χ1) is 14.4. The van der Waals surface area contributed by atoms with Crippen LogP contribution in [-0.2, 0) is 24.0 Å². The molecule has 14 heteroatoms. The molecule has 0 saturated carbocycles. The molecule has 5 unspecified atom stereocenters. The number of hydrogen-bond donors (Lipinski definition) is 9.